The number of nitrogens with zero attached hydrogens (tertiary/aromatic N) is 1. The predicted octanol–water partition coefficient (Wildman–Crippen LogP) is 4.27. The first-order valence-corrected chi connectivity index (χ1v) is 11.9. The van der Waals surface area contributed by atoms with Crippen molar-refractivity contribution in [2.24, 2.45) is 0 Å². The van der Waals surface area contributed by atoms with Crippen LogP contribution < -0.4 is 10.1 Å². The van der Waals surface area contributed by atoms with E-state index in [1.165, 1.54) is 0 Å². The highest BCUT2D eigenvalue weighted by atomic mass is 32.2. The lowest BCUT2D eigenvalue weighted by molar-refractivity contribution is -0.122. The molecule has 1 amide bonds. The van der Waals surface area contributed by atoms with Crippen LogP contribution in [0.15, 0.2) is 47.4 Å². The monoisotopic (exact) mass is 430 g/mol. The minimum absolute atomic E-state index is 0.252. The van der Waals surface area contributed by atoms with Gasteiger partial charge in [-0.1, -0.05) is 25.0 Å². The van der Waals surface area contributed by atoms with E-state index in [0.717, 1.165) is 36.8 Å². The molecule has 3 rings (SSSR count). The first-order chi connectivity index (χ1) is 14.3. The van der Waals surface area contributed by atoms with Gasteiger partial charge in [-0.2, -0.15) is 4.31 Å². The number of benzene rings is 2. The molecule has 0 radical (unpaired) electrons. The fraction of sp³-hybridized carbons (Fsp3) is 0.435. The molecule has 0 aliphatic carbocycles. The van der Waals surface area contributed by atoms with Gasteiger partial charge < -0.3 is 10.1 Å². The van der Waals surface area contributed by atoms with E-state index in [1.807, 2.05) is 32.0 Å². The molecule has 1 aliphatic heterocycles. The zero-order valence-corrected chi connectivity index (χ0v) is 18.7. The molecule has 1 N–H and O–H groups in total. The second-order valence-electron chi connectivity index (χ2n) is 7.79. The molecular formula is C23H30N2O4S. The van der Waals surface area contributed by atoms with Crippen LogP contribution in [0.1, 0.15) is 43.7 Å². The van der Waals surface area contributed by atoms with Crippen LogP contribution in [-0.4, -0.2) is 37.8 Å². The van der Waals surface area contributed by atoms with E-state index in [2.05, 4.69) is 5.32 Å². The van der Waals surface area contributed by atoms with Crippen LogP contribution in [0, 0.1) is 13.8 Å². The molecule has 30 heavy (non-hydrogen) atoms. The minimum atomic E-state index is -3.50. The van der Waals surface area contributed by atoms with Gasteiger partial charge in [-0.3, -0.25) is 4.79 Å². The van der Waals surface area contributed by atoms with Crippen LogP contribution in [0.2, 0.25) is 0 Å². The molecule has 0 aromatic heterocycles. The number of ether oxygens (including phenoxy) is 1. The molecule has 162 valence electrons. The van der Waals surface area contributed by atoms with Gasteiger partial charge in [0.1, 0.15) is 5.75 Å². The van der Waals surface area contributed by atoms with Crippen molar-refractivity contribution in [2.75, 3.05) is 18.4 Å². The molecule has 1 heterocycles. The Balaban J connectivity index is 1.64. The van der Waals surface area contributed by atoms with Gasteiger partial charge in [0.2, 0.25) is 10.0 Å². The van der Waals surface area contributed by atoms with E-state index < -0.39 is 16.1 Å². The van der Waals surface area contributed by atoms with Crippen LogP contribution in [0.5, 0.6) is 5.75 Å². The van der Waals surface area contributed by atoms with Gasteiger partial charge in [-0.05, 0) is 75.1 Å². The zero-order valence-electron chi connectivity index (χ0n) is 17.8. The van der Waals surface area contributed by atoms with Crippen molar-refractivity contribution in [1.82, 2.24) is 4.31 Å². The molecule has 1 fully saturated rings. The molecular weight excluding hydrogens is 400 g/mol. The Morgan fingerprint density at radius 1 is 1.00 bits per heavy atom. The van der Waals surface area contributed by atoms with Gasteiger partial charge >= 0.3 is 0 Å². The summed E-state index contributed by atoms with van der Waals surface area (Å²) in [6.07, 6.45) is 3.24. The third-order valence-electron chi connectivity index (χ3n) is 5.55. The normalized spacial score (nSPS) is 16.5. The summed E-state index contributed by atoms with van der Waals surface area (Å²) in [5.74, 6) is 0.385. The number of hydrogen-bond donors (Lipinski definition) is 1. The van der Waals surface area contributed by atoms with Crippen LogP contribution in [0.3, 0.4) is 0 Å². The fourth-order valence-electron chi connectivity index (χ4n) is 3.48. The molecule has 0 unspecified atom stereocenters. The van der Waals surface area contributed by atoms with Crippen LogP contribution in [0.25, 0.3) is 0 Å². The fourth-order valence-corrected chi connectivity index (χ4v) is 5.00. The highest BCUT2D eigenvalue weighted by Gasteiger charge is 2.25. The van der Waals surface area contributed by atoms with Gasteiger partial charge in [0.05, 0.1) is 4.90 Å². The van der Waals surface area contributed by atoms with Gasteiger partial charge in [0.15, 0.2) is 6.10 Å². The molecule has 0 spiro atoms. The molecule has 2 aromatic carbocycles. The second kappa shape index (κ2) is 9.62. The standard InChI is InChI=1S/C23H30N2O4S/c1-17-9-8-10-22(18(17)2)29-19(3)23(26)24-20-11-13-21(14-12-20)30(27,28)25-15-6-4-5-7-16-25/h8-14,19H,4-7,15-16H2,1-3H3,(H,24,26)/t19-/m0/s1. The van der Waals surface area contributed by atoms with Crippen molar-refractivity contribution in [3.8, 4) is 5.75 Å². The molecule has 1 aliphatic rings. The maximum absolute atomic E-state index is 12.9. The molecule has 0 saturated carbocycles. The van der Waals surface area contributed by atoms with E-state index in [1.54, 1.807) is 35.5 Å². The average molecular weight is 431 g/mol. The van der Waals surface area contributed by atoms with E-state index in [4.69, 9.17) is 4.74 Å². The third-order valence-corrected chi connectivity index (χ3v) is 7.47. The van der Waals surface area contributed by atoms with Crippen molar-refractivity contribution in [2.45, 2.75) is 57.5 Å². The van der Waals surface area contributed by atoms with Gasteiger partial charge in [-0.15, -0.1) is 0 Å². The first-order valence-electron chi connectivity index (χ1n) is 10.4. The lowest BCUT2D eigenvalue weighted by Crippen LogP contribution is -2.32. The summed E-state index contributed by atoms with van der Waals surface area (Å²) < 4.78 is 33.1. The summed E-state index contributed by atoms with van der Waals surface area (Å²) in [6, 6.07) is 12.1. The number of amides is 1. The van der Waals surface area contributed by atoms with Crippen LogP contribution in [-0.2, 0) is 14.8 Å². The van der Waals surface area contributed by atoms with Crippen molar-refractivity contribution < 1.29 is 17.9 Å². The summed E-state index contributed by atoms with van der Waals surface area (Å²) in [5, 5.41) is 2.79. The Kier molecular flexibility index (Phi) is 7.15. The van der Waals surface area contributed by atoms with Gasteiger partial charge in [-0.25, -0.2) is 8.42 Å². The van der Waals surface area contributed by atoms with Crippen LogP contribution in [0.4, 0.5) is 5.69 Å². The summed E-state index contributed by atoms with van der Waals surface area (Å²) in [7, 11) is -3.50. The number of carbonyl (C=O) groups excluding carboxylic acids is 1. The molecule has 2 aromatic rings. The highest BCUT2D eigenvalue weighted by molar-refractivity contribution is 7.89. The quantitative estimate of drug-likeness (QED) is 0.742. The number of sulfonamides is 1. The lowest BCUT2D eigenvalue weighted by Gasteiger charge is -2.20. The Bertz CT molecular complexity index is 979. The Labute approximate surface area is 179 Å². The summed E-state index contributed by atoms with van der Waals surface area (Å²) in [4.78, 5) is 12.8. The number of nitrogens with one attached hydrogen (secondary N) is 1. The van der Waals surface area contributed by atoms with Crippen molar-refractivity contribution >= 4 is 21.6 Å². The maximum Gasteiger partial charge on any atom is 0.265 e. The van der Waals surface area contributed by atoms with E-state index in [-0.39, 0.29) is 10.8 Å². The number of aryl methyl sites for hydroxylation is 1. The van der Waals surface area contributed by atoms with Crippen molar-refractivity contribution in [3.63, 3.8) is 0 Å². The van der Waals surface area contributed by atoms with E-state index >= 15 is 0 Å². The van der Waals surface area contributed by atoms with Gasteiger partial charge in [0, 0.05) is 18.8 Å². The largest absolute Gasteiger partial charge is 0.481 e. The smallest absolute Gasteiger partial charge is 0.265 e. The Hall–Kier alpha value is -2.38. The maximum atomic E-state index is 12.9. The number of carbonyl (C=O) groups is 1. The summed E-state index contributed by atoms with van der Waals surface area (Å²) in [5.41, 5.74) is 2.63. The van der Waals surface area contributed by atoms with E-state index in [0.29, 0.717) is 24.5 Å². The molecule has 6 nitrogen and oxygen atoms in total. The Morgan fingerprint density at radius 2 is 1.63 bits per heavy atom. The van der Waals surface area contributed by atoms with Crippen molar-refractivity contribution in [1.29, 1.82) is 0 Å². The number of anilines is 1. The first kappa shape index (κ1) is 22.3. The van der Waals surface area contributed by atoms with E-state index in [9.17, 15) is 13.2 Å². The topological polar surface area (TPSA) is 75.7 Å². The van der Waals surface area contributed by atoms with Gasteiger partial charge in [0.25, 0.3) is 5.91 Å². The Morgan fingerprint density at radius 3 is 2.27 bits per heavy atom. The zero-order chi connectivity index (χ0) is 21.7. The third kappa shape index (κ3) is 5.21. The summed E-state index contributed by atoms with van der Waals surface area (Å²) >= 11 is 0. The second-order valence-corrected chi connectivity index (χ2v) is 9.73. The van der Waals surface area contributed by atoms with Crippen LogP contribution >= 0.6 is 0 Å². The highest BCUT2D eigenvalue weighted by Crippen LogP contribution is 2.23. The summed E-state index contributed by atoms with van der Waals surface area (Å²) in [6.45, 7) is 6.77. The molecule has 7 heteroatoms. The SMILES string of the molecule is Cc1cccc(O[C@@H](C)C(=O)Nc2ccc(S(=O)(=O)N3CCCCCC3)cc2)c1C. The molecule has 1 atom stereocenters. The minimum Gasteiger partial charge on any atom is -0.481 e. The average Bonchev–Trinajstić information content (AvgIpc) is 3.02. The predicted molar refractivity (Wildman–Crippen MR) is 118 cm³/mol. The number of rotatable bonds is 6. The number of hydrogen-bond acceptors (Lipinski definition) is 4. The molecule has 1 saturated heterocycles. The van der Waals surface area contributed by atoms with Crippen molar-refractivity contribution in [3.05, 3.63) is 53.6 Å². The molecule has 0 bridgehead atoms. The lowest BCUT2D eigenvalue weighted by atomic mass is 10.1.